The molecule has 1 amide bonds. The molecule has 0 radical (unpaired) electrons. The number of aliphatic hydroxyl groups excluding tert-OH is 1. The third kappa shape index (κ3) is 5.59. The van der Waals surface area contributed by atoms with Crippen molar-refractivity contribution >= 4 is 6.09 Å². The van der Waals surface area contributed by atoms with Gasteiger partial charge >= 0.3 is 6.09 Å². The van der Waals surface area contributed by atoms with Crippen molar-refractivity contribution in [3.63, 3.8) is 0 Å². The highest BCUT2D eigenvalue weighted by Gasteiger charge is 2.12. The molecule has 0 rings (SSSR count). The maximum absolute atomic E-state index is 11.4. The molecule has 0 aromatic carbocycles. The van der Waals surface area contributed by atoms with Crippen LogP contribution in [0.15, 0.2) is 12.7 Å². The molecule has 82 valence electrons. The van der Waals surface area contributed by atoms with Crippen molar-refractivity contribution in [2.24, 2.45) is 5.92 Å². The molecule has 0 saturated carbocycles. The normalized spacial score (nSPS) is 10.0. The quantitative estimate of drug-likeness (QED) is 0.658. The van der Waals surface area contributed by atoms with Crippen LogP contribution in [0.1, 0.15) is 13.8 Å². The van der Waals surface area contributed by atoms with E-state index in [2.05, 4.69) is 6.58 Å². The van der Waals surface area contributed by atoms with Crippen molar-refractivity contribution in [3.8, 4) is 0 Å². The molecule has 0 aliphatic heterocycles. The van der Waals surface area contributed by atoms with Crippen molar-refractivity contribution in [1.29, 1.82) is 0 Å². The maximum atomic E-state index is 11.4. The summed E-state index contributed by atoms with van der Waals surface area (Å²) in [5.74, 6) is 0.318. The minimum atomic E-state index is -0.396. The van der Waals surface area contributed by atoms with Crippen LogP contribution in [-0.4, -0.2) is 42.4 Å². The topological polar surface area (TPSA) is 49.8 Å². The molecule has 0 aromatic heterocycles. The second-order valence-electron chi connectivity index (χ2n) is 3.43. The first-order valence-electron chi connectivity index (χ1n) is 4.75. The molecule has 4 heteroatoms. The van der Waals surface area contributed by atoms with Gasteiger partial charge in [-0.05, 0) is 5.92 Å². The predicted octanol–water partition coefficient (Wildman–Crippen LogP) is 1.26. The highest BCUT2D eigenvalue weighted by atomic mass is 16.6. The van der Waals surface area contributed by atoms with Crippen LogP contribution in [0.4, 0.5) is 4.79 Å². The predicted molar refractivity (Wildman–Crippen MR) is 55.0 cm³/mol. The Kier molecular flexibility index (Phi) is 6.84. The molecule has 4 nitrogen and oxygen atoms in total. The van der Waals surface area contributed by atoms with Crippen molar-refractivity contribution in [3.05, 3.63) is 12.7 Å². The van der Waals surface area contributed by atoms with Crippen LogP contribution >= 0.6 is 0 Å². The highest BCUT2D eigenvalue weighted by Crippen LogP contribution is 1.98. The zero-order valence-corrected chi connectivity index (χ0v) is 8.90. The summed E-state index contributed by atoms with van der Waals surface area (Å²) in [6.07, 6.45) is 1.21. The Balaban J connectivity index is 3.94. The molecular weight excluding hydrogens is 182 g/mol. The molecule has 0 aromatic rings. The van der Waals surface area contributed by atoms with Gasteiger partial charge in [-0.2, -0.15) is 0 Å². The van der Waals surface area contributed by atoms with Gasteiger partial charge in [-0.3, -0.25) is 0 Å². The van der Waals surface area contributed by atoms with E-state index in [0.717, 1.165) is 0 Å². The van der Waals surface area contributed by atoms with Gasteiger partial charge in [0.25, 0.3) is 0 Å². The summed E-state index contributed by atoms with van der Waals surface area (Å²) >= 11 is 0. The monoisotopic (exact) mass is 201 g/mol. The number of rotatable bonds is 6. The fourth-order valence-electron chi connectivity index (χ4n) is 0.863. The van der Waals surface area contributed by atoms with Gasteiger partial charge in [0, 0.05) is 13.1 Å². The lowest BCUT2D eigenvalue weighted by molar-refractivity contribution is 0.0890. The Morgan fingerprint density at radius 1 is 1.64 bits per heavy atom. The van der Waals surface area contributed by atoms with Gasteiger partial charge in [-0.1, -0.05) is 19.9 Å². The first-order chi connectivity index (χ1) is 6.61. The summed E-state index contributed by atoms with van der Waals surface area (Å²) in [5, 5.41) is 8.71. The van der Waals surface area contributed by atoms with Crippen LogP contribution in [0.5, 0.6) is 0 Å². The molecule has 0 bridgehead atoms. The molecule has 0 fully saturated rings. The van der Waals surface area contributed by atoms with E-state index in [1.807, 2.05) is 13.8 Å². The van der Waals surface area contributed by atoms with Crippen molar-refractivity contribution in [1.82, 2.24) is 4.90 Å². The minimum absolute atomic E-state index is 0.0649. The standard InChI is InChI=1S/C10H19NO3/c1-4-5-11(6-7-12)10(13)14-8-9(2)3/h4,9,12H,1,5-8H2,2-3H3. The van der Waals surface area contributed by atoms with E-state index < -0.39 is 6.09 Å². The number of aliphatic hydroxyl groups is 1. The number of amides is 1. The molecule has 14 heavy (non-hydrogen) atoms. The number of hydrogen-bond donors (Lipinski definition) is 1. The Labute approximate surface area is 85.2 Å². The molecule has 0 unspecified atom stereocenters. The van der Waals surface area contributed by atoms with Gasteiger partial charge in [0.15, 0.2) is 0 Å². The Morgan fingerprint density at radius 3 is 2.71 bits per heavy atom. The lowest BCUT2D eigenvalue weighted by Crippen LogP contribution is -2.34. The average molecular weight is 201 g/mol. The summed E-state index contributed by atoms with van der Waals surface area (Å²) in [6, 6.07) is 0. The lowest BCUT2D eigenvalue weighted by atomic mass is 10.2. The van der Waals surface area contributed by atoms with E-state index >= 15 is 0 Å². The smallest absolute Gasteiger partial charge is 0.410 e. The van der Waals surface area contributed by atoms with Crippen molar-refractivity contribution in [2.75, 3.05) is 26.3 Å². The van der Waals surface area contributed by atoms with E-state index in [-0.39, 0.29) is 13.2 Å². The van der Waals surface area contributed by atoms with Gasteiger partial charge in [-0.15, -0.1) is 6.58 Å². The minimum Gasteiger partial charge on any atom is -0.449 e. The largest absolute Gasteiger partial charge is 0.449 e. The van der Waals surface area contributed by atoms with E-state index in [0.29, 0.717) is 19.1 Å². The molecular formula is C10H19NO3. The van der Waals surface area contributed by atoms with Crippen LogP contribution < -0.4 is 0 Å². The van der Waals surface area contributed by atoms with Crippen LogP contribution in [0.2, 0.25) is 0 Å². The second-order valence-corrected chi connectivity index (χ2v) is 3.43. The third-order valence-electron chi connectivity index (χ3n) is 1.52. The summed E-state index contributed by atoms with van der Waals surface area (Å²) < 4.78 is 5.00. The van der Waals surface area contributed by atoms with E-state index in [9.17, 15) is 4.79 Å². The van der Waals surface area contributed by atoms with Gasteiger partial charge in [0.1, 0.15) is 0 Å². The van der Waals surface area contributed by atoms with Gasteiger partial charge in [0.05, 0.1) is 13.2 Å². The Hall–Kier alpha value is -1.03. The molecule has 0 aliphatic rings. The van der Waals surface area contributed by atoms with Crippen molar-refractivity contribution in [2.45, 2.75) is 13.8 Å². The summed E-state index contributed by atoms with van der Waals surface area (Å²) in [6.45, 7) is 8.48. The molecule has 0 heterocycles. The number of ether oxygens (including phenoxy) is 1. The lowest BCUT2D eigenvalue weighted by Gasteiger charge is -2.19. The van der Waals surface area contributed by atoms with Crippen molar-refractivity contribution < 1.29 is 14.6 Å². The van der Waals surface area contributed by atoms with E-state index in [4.69, 9.17) is 9.84 Å². The Bertz CT molecular complexity index is 180. The molecule has 0 spiro atoms. The fourth-order valence-corrected chi connectivity index (χ4v) is 0.863. The summed E-state index contributed by atoms with van der Waals surface area (Å²) in [5.41, 5.74) is 0. The molecule has 0 aliphatic carbocycles. The SMILES string of the molecule is C=CCN(CCO)C(=O)OCC(C)C. The maximum Gasteiger partial charge on any atom is 0.410 e. The highest BCUT2D eigenvalue weighted by molar-refractivity contribution is 5.67. The molecule has 0 saturated heterocycles. The first-order valence-corrected chi connectivity index (χ1v) is 4.75. The third-order valence-corrected chi connectivity index (χ3v) is 1.52. The zero-order chi connectivity index (χ0) is 11.0. The van der Waals surface area contributed by atoms with E-state index in [1.165, 1.54) is 4.90 Å². The summed E-state index contributed by atoms with van der Waals surface area (Å²) in [7, 11) is 0. The van der Waals surface area contributed by atoms with Gasteiger partial charge in [0.2, 0.25) is 0 Å². The Morgan fingerprint density at radius 2 is 2.29 bits per heavy atom. The van der Waals surface area contributed by atoms with Crippen LogP contribution in [0.25, 0.3) is 0 Å². The number of carbonyl (C=O) groups is 1. The molecule has 0 atom stereocenters. The van der Waals surface area contributed by atoms with Crippen LogP contribution in [0, 0.1) is 5.92 Å². The second kappa shape index (κ2) is 7.38. The zero-order valence-electron chi connectivity index (χ0n) is 8.90. The number of nitrogens with zero attached hydrogens (tertiary/aromatic N) is 1. The molecule has 1 N–H and O–H groups in total. The first kappa shape index (κ1) is 13.0. The number of hydrogen-bond acceptors (Lipinski definition) is 3. The van der Waals surface area contributed by atoms with Crippen LogP contribution in [0.3, 0.4) is 0 Å². The van der Waals surface area contributed by atoms with E-state index in [1.54, 1.807) is 6.08 Å². The number of carbonyl (C=O) groups excluding carboxylic acids is 1. The average Bonchev–Trinajstić information content (AvgIpc) is 2.14. The fraction of sp³-hybridized carbons (Fsp3) is 0.700. The van der Waals surface area contributed by atoms with Gasteiger partial charge in [-0.25, -0.2) is 4.79 Å². The van der Waals surface area contributed by atoms with Gasteiger partial charge < -0.3 is 14.7 Å². The summed E-state index contributed by atoms with van der Waals surface area (Å²) in [4.78, 5) is 12.8. The van der Waals surface area contributed by atoms with Crippen LogP contribution in [-0.2, 0) is 4.74 Å².